The molecule has 4 heterocycles. The van der Waals surface area contributed by atoms with Gasteiger partial charge in [-0.1, -0.05) is 146 Å². The van der Waals surface area contributed by atoms with Gasteiger partial charge in [-0.25, -0.2) is 4.99 Å². The Bertz CT molecular complexity index is 3320. The highest BCUT2D eigenvalue weighted by Crippen LogP contribution is 2.45. The van der Waals surface area contributed by atoms with Crippen molar-refractivity contribution in [3.63, 3.8) is 0 Å². The summed E-state index contributed by atoms with van der Waals surface area (Å²) in [6.07, 6.45) is -0.465. The number of nitrogens with zero attached hydrogens (tertiary/aromatic N) is 2. The number of para-hydroxylation sites is 2. The molecule has 8 aromatic carbocycles. The number of aromatic nitrogens is 1. The lowest BCUT2D eigenvalue weighted by Gasteiger charge is -2.32. The number of nitrogens with one attached hydrogen (secondary N) is 2. The highest BCUT2D eigenvalue weighted by atomic mass is 32.1. The number of rotatable bonds is 5. The lowest BCUT2D eigenvalue weighted by molar-refractivity contribution is 0.410. The molecule has 2 N–H and O–H groups in total. The molecule has 0 amide bonds. The van der Waals surface area contributed by atoms with Gasteiger partial charge in [0, 0.05) is 48.1 Å². The van der Waals surface area contributed by atoms with E-state index in [1.807, 2.05) is 17.4 Å². The molecule has 2 unspecified atom stereocenters. The van der Waals surface area contributed by atoms with Crippen LogP contribution in [-0.4, -0.2) is 10.4 Å². The summed E-state index contributed by atoms with van der Waals surface area (Å²) in [7, 11) is 0. The van der Waals surface area contributed by atoms with Crippen LogP contribution in [0.3, 0.4) is 0 Å². The molecule has 2 atom stereocenters. The van der Waals surface area contributed by atoms with Crippen LogP contribution in [0.5, 0.6) is 0 Å². The Morgan fingerprint density at radius 3 is 2.00 bits per heavy atom. The van der Waals surface area contributed by atoms with Gasteiger partial charge in [-0.15, -0.1) is 11.3 Å². The van der Waals surface area contributed by atoms with Gasteiger partial charge in [-0.2, -0.15) is 0 Å². The van der Waals surface area contributed by atoms with Crippen LogP contribution in [0.15, 0.2) is 191 Å². The molecule has 6 heteroatoms. The van der Waals surface area contributed by atoms with E-state index >= 15 is 0 Å². The normalized spacial score (nSPS) is 15.9. The lowest BCUT2D eigenvalue weighted by atomic mass is 9.95. The predicted molar refractivity (Wildman–Crippen MR) is 238 cm³/mol. The zero-order valence-electron chi connectivity index (χ0n) is 30.7. The Morgan fingerprint density at radius 1 is 0.544 bits per heavy atom. The molecule has 5 nitrogen and oxygen atoms in total. The zero-order valence-corrected chi connectivity index (χ0v) is 31.5. The SMILES string of the molecule is c1ccc(C2=NC(c3cccc4oc5cccc(-c6ccc7c(c6)sc6c(-n8c9ccccc9c9ccccc98)cccc67)c5c34)NC(c3ccccc3)N2)cc1. The fourth-order valence-corrected chi connectivity index (χ4v) is 10.2. The second-order valence-electron chi connectivity index (χ2n) is 14.7. The average molecular weight is 751 g/mol. The quantitative estimate of drug-likeness (QED) is 0.184. The first-order chi connectivity index (χ1) is 28.3. The van der Waals surface area contributed by atoms with Crippen LogP contribution in [0.2, 0.25) is 0 Å². The fraction of sp³-hybridized carbons (Fsp3) is 0.0392. The van der Waals surface area contributed by atoms with Crippen LogP contribution in [0.1, 0.15) is 29.0 Å². The summed E-state index contributed by atoms with van der Waals surface area (Å²) in [5.74, 6) is 0.855. The van der Waals surface area contributed by atoms with Crippen molar-refractivity contribution in [2.75, 3.05) is 0 Å². The molecule has 0 fully saturated rings. The van der Waals surface area contributed by atoms with Crippen molar-refractivity contribution in [1.82, 2.24) is 15.2 Å². The van der Waals surface area contributed by atoms with Crippen molar-refractivity contribution in [2.45, 2.75) is 12.3 Å². The largest absolute Gasteiger partial charge is 0.456 e. The van der Waals surface area contributed by atoms with Crippen molar-refractivity contribution < 1.29 is 4.42 Å². The topological polar surface area (TPSA) is 54.5 Å². The first-order valence-electron chi connectivity index (χ1n) is 19.4. The number of amidine groups is 1. The third-order valence-corrected chi connectivity index (χ3v) is 12.7. The summed E-state index contributed by atoms with van der Waals surface area (Å²) >= 11 is 1.87. The molecule has 0 saturated carbocycles. The molecular formula is C51H34N4OS. The van der Waals surface area contributed by atoms with E-state index in [-0.39, 0.29) is 12.3 Å². The molecule has 0 radical (unpaired) electrons. The van der Waals surface area contributed by atoms with Crippen molar-refractivity contribution in [3.05, 3.63) is 199 Å². The van der Waals surface area contributed by atoms with E-state index in [9.17, 15) is 0 Å². The number of benzene rings is 8. The second-order valence-corrected chi connectivity index (χ2v) is 15.8. The maximum atomic E-state index is 6.64. The minimum Gasteiger partial charge on any atom is -0.456 e. The highest BCUT2D eigenvalue weighted by molar-refractivity contribution is 7.26. The van der Waals surface area contributed by atoms with Crippen molar-refractivity contribution in [1.29, 1.82) is 0 Å². The molecule has 3 aromatic heterocycles. The van der Waals surface area contributed by atoms with Crippen LogP contribution in [0.25, 0.3) is 80.7 Å². The van der Waals surface area contributed by atoms with Gasteiger partial charge < -0.3 is 14.3 Å². The summed E-state index contributed by atoms with van der Waals surface area (Å²) in [6.45, 7) is 0. The maximum Gasteiger partial charge on any atom is 0.136 e. The summed E-state index contributed by atoms with van der Waals surface area (Å²) in [6, 6.07) is 64.8. The van der Waals surface area contributed by atoms with Gasteiger partial charge in [0.15, 0.2) is 0 Å². The number of aliphatic imine (C=N–C) groups is 1. The van der Waals surface area contributed by atoms with Gasteiger partial charge in [0.1, 0.15) is 29.3 Å². The Kier molecular flexibility index (Phi) is 7.24. The van der Waals surface area contributed by atoms with Crippen LogP contribution in [-0.2, 0) is 0 Å². The van der Waals surface area contributed by atoms with Crippen molar-refractivity contribution in [2.24, 2.45) is 4.99 Å². The van der Waals surface area contributed by atoms with Crippen LogP contribution < -0.4 is 10.6 Å². The molecule has 270 valence electrons. The molecule has 57 heavy (non-hydrogen) atoms. The summed E-state index contributed by atoms with van der Waals surface area (Å²) in [5, 5.41) is 14.8. The standard InChI is InChI=1S/C51H34N4OS/c1-3-14-31(15-4-1)49-52-50(32-16-5-2-6-17-32)54-51(53-49)39-22-13-27-44-47(39)46-34(20-12-26-43(46)56-44)33-28-29-37-38-21-11-25-42(48(38)57-45(37)30-33)55-40-23-9-7-18-35(40)36-19-8-10-24-41(36)55/h1-30,49,51,53H,(H,52,54). The Hall–Kier alpha value is -6.99. The number of furan rings is 1. The van der Waals surface area contributed by atoms with E-state index in [4.69, 9.17) is 9.41 Å². The number of hydrogen-bond donors (Lipinski definition) is 2. The molecule has 0 bridgehead atoms. The molecule has 0 aliphatic carbocycles. The van der Waals surface area contributed by atoms with E-state index in [0.717, 1.165) is 55.6 Å². The minimum atomic E-state index is -0.325. The van der Waals surface area contributed by atoms with Gasteiger partial charge in [0.25, 0.3) is 0 Å². The Morgan fingerprint density at radius 2 is 1.21 bits per heavy atom. The summed E-state index contributed by atoms with van der Waals surface area (Å²) < 4.78 is 11.6. The van der Waals surface area contributed by atoms with Crippen molar-refractivity contribution >= 4 is 81.1 Å². The Labute approximate surface area is 332 Å². The number of hydrogen-bond acceptors (Lipinski definition) is 5. The molecule has 12 rings (SSSR count). The first kappa shape index (κ1) is 32.3. The fourth-order valence-electron chi connectivity index (χ4n) is 8.95. The van der Waals surface area contributed by atoms with Gasteiger partial charge in [0.05, 0.1) is 21.4 Å². The van der Waals surface area contributed by atoms with Gasteiger partial charge in [0.2, 0.25) is 0 Å². The molecule has 1 aliphatic heterocycles. The first-order valence-corrected chi connectivity index (χ1v) is 20.2. The number of fused-ring (bicyclic) bond motifs is 9. The third kappa shape index (κ3) is 5.08. The Balaban J connectivity index is 1.03. The molecule has 0 saturated heterocycles. The van der Waals surface area contributed by atoms with Crippen molar-refractivity contribution in [3.8, 4) is 16.8 Å². The number of thiophene rings is 1. The van der Waals surface area contributed by atoms with E-state index in [2.05, 4.69) is 191 Å². The van der Waals surface area contributed by atoms with Crippen LogP contribution in [0, 0.1) is 0 Å². The minimum absolute atomic E-state index is 0.139. The lowest BCUT2D eigenvalue weighted by Crippen LogP contribution is -2.44. The van der Waals surface area contributed by atoms with Gasteiger partial charge in [-0.3, -0.25) is 5.32 Å². The average Bonchev–Trinajstić information content (AvgIpc) is 3.96. The van der Waals surface area contributed by atoms with E-state index in [0.29, 0.717) is 0 Å². The monoisotopic (exact) mass is 750 g/mol. The van der Waals surface area contributed by atoms with Crippen LogP contribution in [0.4, 0.5) is 0 Å². The summed E-state index contributed by atoms with van der Waals surface area (Å²) in [4.78, 5) is 5.32. The molecule has 11 aromatic rings. The molecular weight excluding hydrogens is 717 g/mol. The predicted octanol–water partition coefficient (Wildman–Crippen LogP) is 13.1. The molecule has 0 spiro atoms. The van der Waals surface area contributed by atoms with E-state index in [1.54, 1.807) is 0 Å². The van der Waals surface area contributed by atoms with Gasteiger partial charge >= 0.3 is 0 Å². The summed E-state index contributed by atoms with van der Waals surface area (Å²) in [5.41, 5.74) is 10.9. The highest BCUT2D eigenvalue weighted by Gasteiger charge is 2.28. The zero-order chi connectivity index (χ0) is 37.5. The second kappa shape index (κ2) is 12.8. The van der Waals surface area contributed by atoms with Gasteiger partial charge in [-0.05, 0) is 53.1 Å². The smallest absolute Gasteiger partial charge is 0.136 e. The van der Waals surface area contributed by atoms with E-state index < -0.39 is 0 Å². The maximum absolute atomic E-state index is 6.64. The molecule has 1 aliphatic rings. The van der Waals surface area contributed by atoms with Crippen LogP contribution >= 0.6 is 11.3 Å². The third-order valence-electron chi connectivity index (χ3n) is 11.5. The van der Waals surface area contributed by atoms with E-state index in [1.165, 1.54) is 47.7 Å².